The molecule has 3 N–H and O–H groups in total. The van der Waals surface area contributed by atoms with Crippen LogP contribution in [0.25, 0.3) is 0 Å². The number of benzene rings is 1. The lowest BCUT2D eigenvalue weighted by atomic mass is 10.1. The smallest absolute Gasteiger partial charge is 0.191 e. The second-order valence-corrected chi connectivity index (χ2v) is 5.03. The van der Waals surface area contributed by atoms with E-state index in [9.17, 15) is 0 Å². The van der Waals surface area contributed by atoms with E-state index in [1.165, 1.54) is 5.56 Å². The molecule has 1 aromatic rings. The zero-order chi connectivity index (χ0) is 15.5. The number of aliphatic hydroxyl groups excluding tert-OH is 1. The summed E-state index contributed by atoms with van der Waals surface area (Å²) in [5.74, 6) is 1.85. The summed E-state index contributed by atoms with van der Waals surface area (Å²) in [4.78, 5) is 4.46. The van der Waals surface area contributed by atoms with Crippen molar-refractivity contribution >= 4 is 5.96 Å². The predicted molar refractivity (Wildman–Crippen MR) is 86.9 cm³/mol. The number of guanidine groups is 1. The minimum atomic E-state index is 0.161. The van der Waals surface area contributed by atoms with Crippen LogP contribution < -0.4 is 15.4 Å². The standard InChI is InChI=1S/C16H27N3O2/c1-4-17-16(19-11-13(2)12-20)18-10-9-14-5-7-15(21-3)8-6-14/h5-8,13,20H,4,9-12H2,1-3H3,(H2,17,18,19). The molecule has 0 aromatic heterocycles. The lowest BCUT2D eigenvalue weighted by Crippen LogP contribution is -2.38. The molecule has 0 bridgehead atoms. The molecule has 0 radical (unpaired) electrons. The number of rotatable bonds is 8. The van der Waals surface area contributed by atoms with Gasteiger partial charge >= 0.3 is 0 Å². The molecule has 0 aliphatic carbocycles. The van der Waals surface area contributed by atoms with Gasteiger partial charge < -0.3 is 20.5 Å². The molecule has 0 amide bonds. The van der Waals surface area contributed by atoms with Gasteiger partial charge in [-0.05, 0) is 37.0 Å². The highest BCUT2D eigenvalue weighted by Crippen LogP contribution is 2.11. The van der Waals surface area contributed by atoms with E-state index in [-0.39, 0.29) is 12.5 Å². The van der Waals surface area contributed by atoms with Gasteiger partial charge in [-0.3, -0.25) is 4.99 Å². The maximum Gasteiger partial charge on any atom is 0.191 e. The third-order valence-electron chi connectivity index (χ3n) is 3.08. The number of nitrogens with one attached hydrogen (secondary N) is 2. The molecule has 0 saturated carbocycles. The first-order valence-electron chi connectivity index (χ1n) is 7.45. The number of hydrogen-bond donors (Lipinski definition) is 3. The van der Waals surface area contributed by atoms with Gasteiger partial charge in [0.05, 0.1) is 7.11 Å². The van der Waals surface area contributed by atoms with Gasteiger partial charge in [-0.25, -0.2) is 0 Å². The zero-order valence-electron chi connectivity index (χ0n) is 13.2. The first-order chi connectivity index (χ1) is 10.2. The van der Waals surface area contributed by atoms with Gasteiger partial charge in [-0.15, -0.1) is 0 Å². The van der Waals surface area contributed by atoms with Crippen molar-refractivity contribution in [3.8, 4) is 5.75 Å². The summed E-state index contributed by atoms with van der Waals surface area (Å²) in [6.45, 7) is 6.43. The number of aliphatic hydroxyl groups is 1. The number of aliphatic imine (C=N–C) groups is 1. The van der Waals surface area contributed by atoms with E-state index < -0.39 is 0 Å². The topological polar surface area (TPSA) is 65.9 Å². The number of hydrogen-bond acceptors (Lipinski definition) is 3. The molecule has 1 rings (SSSR count). The Morgan fingerprint density at radius 2 is 2.00 bits per heavy atom. The Balaban J connectivity index is 2.41. The molecule has 1 atom stereocenters. The summed E-state index contributed by atoms with van der Waals surface area (Å²) >= 11 is 0. The maximum atomic E-state index is 9.02. The van der Waals surface area contributed by atoms with Crippen LogP contribution in [0.15, 0.2) is 29.3 Å². The molecule has 0 aliphatic heterocycles. The third kappa shape index (κ3) is 6.99. The summed E-state index contributed by atoms with van der Waals surface area (Å²) in [5, 5.41) is 15.5. The fraction of sp³-hybridized carbons (Fsp3) is 0.562. The lowest BCUT2D eigenvalue weighted by Gasteiger charge is -2.12. The Bertz CT molecular complexity index is 418. The molecule has 118 valence electrons. The molecule has 0 fully saturated rings. The van der Waals surface area contributed by atoms with Gasteiger partial charge in [0.25, 0.3) is 0 Å². The number of nitrogens with zero attached hydrogens (tertiary/aromatic N) is 1. The monoisotopic (exact) mass is 293 g/mol. The van der Waals surface area contributed by atoms with E-state index >= 15 is 0 Å². The summed E-state index contributed by atoms with van der Waals surface area (Å²) in [7, 11) is 1.67. The van der Waals surface area contributed by atoms with Crippen LogP contribution in [-0.2, 0) is 6.42 Å². The molecule has 5 nitrogen and oxygen atoms in total. The highest BCUT2D eigenvalue weighted by atomic mass is 16.5. The van der Waals surface area contributed by atoms with Gasteiger partial charge in [0.1, 0.15) is 5.75 Å². The number of ether oxygens (including phenoxy) is 1. The quantitative estimate of drug-likeness (QED) is 0.501. The van der Waals surface area contributed by atoms with Crippen molar-refractivity contribution in [2.24, 2.45) is 10.9 Å². The highest BCUT2D eigenvalue weighted by molar-refractivity contribution is 5.79. The van der Waals surface area contributed by atoms with Gasteiger partial charge in [0.15, 0.2) is 5.96 Å². The van der Waals surface area contributed by atoms with Crippen molar-refractivity contribution in [3.05, 3.63) is 29.8 Å². The molecule has 0 saturated heterocycles. The van der Waals surface area contributed by atoms with Crippen LogP contribution in [0, 0.1) is 5.92 Å². The van der Waals surface area contributed by atoms with Crippen molar-refractivity contribution in [1.82, 2.24) is 10.6 Å². The molecule has 0 aliphatic rings. The van der Waals surface area contributed by atoms with E-state index in [1.54, 1.807) is 7.11 Å². The predicted octanol–water partition coefficient (Wildman–Crippen LogP) is 1.42. The molecule has 0 heterocycles. The van der Waals surface area contributed by atoms with Crippen LogP contribution in [0.4, 0.5) is 0 Å². The van der Waals surface area contributed by atoms with Crippen LogP contribution in [0.3, 0.4) is 0 Å². The van der Waals surface area contributed by atoms with Gasteiger partial charge in [-0.2, -0.15) is 0 Å². The summed E-state index contributed by atoms with van der Waals surface area (Å²) in [5.41, 5.74) is 1.25. The van der Waals surface area contributed by atoms with Crippen molar-refractivity contribution < 1.29 is 9.84 Å². The Morgan fingerprint density at radius 1 is 1.29 bits per heavy atom. The van der Waals surface area contributed by atoms with Crippen LogP contribution in [-0.4, -0.2) is 44.4 Å². The van der Waals surface area contributed by atoms with Crippen molar-refractivity contribution in [1.29, 1.82) is 0 Å². The normalized spacial score (nSPS) is 12.9. The summed E-state index contributed by atoms with van der Waals surface area (Å²) in [6, 6.07) is 8.08. The molecular formula is C16H27N3O2. The van der Waals surface area contributed by atoms with E-state index in [2.05, 4.69) is 27.8 Å². The maximum absolute atomic E-state index is 9.02. The average Bonchev–Trinajstić information content (AvgIpc) is 2.52. The first-order valence-corrected chi connectivity index (χ1v) is 7.45. The molecule has 1 unspecified atom stereocenters. The van der Waals surface area contributed by atoms with Crippen LogP contribution in [0.1, 0.15) is 19.4 Å². The van der Waals surface area contributed by atoms with Crippen molar-refractivity contribution in [2.45, 2.75) is 20.3 Å². The molecule has 5 heteroatoms. The summed E-state index contributed by atoms with van der Waals surface area (Å²) < 4.78 is 5.14. The first kappa shape index (κ1) is 17.3. The Labute approximate surface area is 127 Å². The van der Waals surface area contributed by atoms with Crippen LogP contribution in [0.2, 0.25) is 0 Å². The molecule has 0 spiro atoms. The Morgan fingerprint density at radius 3 is 2.57 bits per heavy atom. The minimum Gasteiger partial charge on any atom is -0.497 e. The van der Waals surface area contributed by atoms with E-state index in [1.807, 2.05) is 26.0 Å². The Kier molecular flexibility index (Phi) is 8.28. The fourth-order valence-corrected chi connectivity index (χ4v) is 1.76. The second-order valence-electron chi connectivity index (χ2n) is 5.03. The SMILES string of the molecule is CCNC(=NCC(C)CO)NCCc1ccc(OC)cc1. The molecule has 1 aromatic carbocycles. The third-order valence-corrected chi connectivity index (χ3v) is 3.08. The largest absolute Gasteiger partial charge is 0.497 e. The van der Waals surface area contributed by atoms with Gasteiger partial charge in [0.2, 0.25) is 0 Å². The van der Waals surface area contributed by atoms with Crippen LogP contribution >= 0.6 is 0 Å². The van der Waals surface area contributed by atoms with Crippen molar-refractivity contribution in [3.63, 3.8) is 0 Å². The second kappa shape index (κ2) is 10.0. The van der Waals surface area contributed by atoms with Crippen molar-refractivity contribution in [2.75, 3.05) is 33.4 Å². The minimum absolute atomic E-state index is 0.161. The lowest BCUT2D eigenvalue weighted by molar-refractivity contribution is 0.241. The fourth-order valence-electron chi connectivity index (χ4n) is 1.76. The molecule has 21 heavy (non-hydrogen) atoms. The number of methoxy groups -OCH3 is 1. The van der Waals surface area contributed by atoms with E-state index in [0.717, 1.165) is 31.2 Å². The van der Waals surface area contributed by atoms with E-state index in [4.69, 9.17) is 9.84 Å². The van der Waals surface area contributed by atoms with Gasteiger partial charge in [-0.1, -0.05) is 19.1 Å². The zero-order valence-corrected chi connectivity index (χ0v) is 13.2. The summed E-state index contributed by atoms with van der Waals surface area (Å²) in [6.07, 6.45) is 0.921. The molecular weight excluding hydrogens is 266 g/mol. The van der Waals surface area contributed by atoms with E-state index in [0.29, 0.717) is 6.54 Å². The average molecular weight is 293 g/mol. The highest BCUT2D eigenvalue weighted by Gasteiger charge is 2.01. The van der Waals surface area contributed by atoms with Crippen LogP contribution in [0.5, 0.6) is 5.75 Å². The van der Waals surface area contributed by atoms with Gasteiger partial charge in [0, 0.05) is 26.2 Å². The Hall–Kier alpha value is -1.75.